The van der Waals surface area contributed by atoms with Crippen molar-refractivity contribution in [3.8, 4) is 0 Å². The van der Waals surface area contributed by atoms with Gasteiger partial charge in [0.05, 0.1) is 5.92 Å². The predicted octanol–water partition coefficient (Wildman–Crippen LogP) is 0.775. The number of nitrogens with zero attached hydrogens (tertiary/aromatic N) is 1. The van der Waals surface area contributed by atoms with E-state index in [4.69, 9.17) is 9.84 Å². The lowest BCUT2D eigenvalue weighted by Crippen LogP contribution is -2.39. The fraction of sp³-hybridized carbons (Fsp3) is 0.833. The summed E-state index contributed by atoms with van der Waals surface area (Å²) in [6.07, 6.45) is 1.77. The van der Waals surface area contributed by atoms with Crippen molar-refractivity contribution in [1.82, 2.24) is 10.2 Å². The van der Waals surface area contributed by atoms with Crippen LogP contribution in [0.4, 0.5) is 4.79 Å². The average molecular weight is 258 g/mol. The molecule has 0 radical (unpaired) electrons. The van der Waals surface area contributed by atoms with Crippen molar-refractivity contribution in [1.29, 1.82) is 0 Å². The normalized spacial score (nSPS) is 23.1. The van der Waals surface area contributed by atoms with Gasteiger partial charge in [-0.3, -0.25) is 4.79 Å². The number of aliphatic carboxylic acids is 1. The maximum Gasteiger partial charge on any atom is 0.317 e. The highest BCUT2D eigenvalue weighted by molar-refractivity contribution is 5.77. The lowest BCUT2D eigenvalue weighted by molar-refractivity contribution is -0.142. The van der Waals surface area contributed by atoms with Crippen LogP contribution in [0.2, 0.25) is 0 Å². The van der Waals surface area contributed by atoms with Crippen LogP contribution in [0.1, 0.15) is 19.8 Å². The summed E-state index contributed by atoms with van der Waals surface area (Å²) in [5.74, 6) is -1.25. The molecule has 2 atom stereocenters. The van der Waals surface area contributed by atoms with Crippen LogP contribution >= 0.6 is 0 Å². The number of nitrogens with one attached hydrogen (secondary N) is 1. The molecular formula is C12H22N2O4. The Kier molecular flexibility index (Phi) is 5.91. The summed E-state index contributed by atoms with van der Waals surface area (Å²) in [5.41, 5.74) is 0. The van der Waals surface area contributed by atoms with Gasteiger partial charge in [-0.15, -0.1) is 0 Å². The third kappa shape index (κ3) is 4.18. The topological polar surface area (TPSA) is 78.9 Å². The van der Waals surface area contributed by atoms with E-state index in [1.807, 2.05) is 6.92 Å². The van der Waals surface area contributed by atoms with E-state index in [-0.39, 0.29) is 11.9 Å². The Hall–Kier alpha value is -1.30. The van der Waals surface area contributed by atoms with E-state index in [1.54, 1.807) is 12.0 Å². The Morgan fingerprint density at radius 2 is 2.11 bits per heavy atom. The van der Waals surface area contributed by atoms with E-state index in [2.05, 4.69) is 5.32 Å². The average Bonchev–Trinajstić information content (AvgIpc) is 2.71. The lowest BCUT2D eigenvalue weighted by atomic mass is 9.99. The van der Waals surface area contributed by atoms with E-state index in [0.717, 1.165) is 12.8 Å². The molecule has 104 valence electrons. The molecule has 6 nitrogen and oxygen atoms in total. The molecule has 0 aromatic carbocycles. The highest BCUT2D eigenvalue weighted by Gasteiger charge is 2.36. The standard InChI is InChI=1S/C12H22N2O4/c1-9-7-14(8-10(9)11(15)16)12(17)13-5-3-4-6-18-2/h9-10H,3-8H2,1-2H3,(H,13,17)(H,15,16). The van der Waals surface area contributed by atoms with E-state index in [0.29, 0.717) is 26.2 Å². The van der Waals surface area contributed by atoms with Gasteiger partial charge in [-0.2, -0.15) is 0 Å². The van der Waals surface area contributed by atoms with Crippen molar-refractivity contribution in [2.45, 2.75) is 19.8 Å². The first kappa shape index (κ1) is 14.8. The number of ether oxygens (including phenoxy) is 1. The van der Waals surface area contributed by atoms with Crippen LogP contribution in [0.5, 0.6) is 0 Å². The number of rotatable bonds is 6. The summed E-state index contributed by atoms with van der Waals surface area (Å²) in [6.45, 7) is 3.98. The van der Waals surface area contributed by atoms with Gasteiger partial charge >= 0.3 is 12.0 Å². The Morgan fingerprint density at radius 3 is 2.67 bits per heavy atom. The molecule has 18 heavy (non-hydrogen) atoms. The molecule has 1 saturated heterocycles. The summed E-state index contributed by atoms with van der Waals surface area (Å²) in [5, 5.41) is 11.8. The van der Waals surface area contributed by atoms with Gasteiger partial charge in [-0.25, -0.2) is 4.79 Å². The third-order valence-corrected chi connectivity index (χ3v) is 3.27. The second-order valence-electron chi connectivity index (χ2n) is 4.76. The number of carbonyl (C=O) groups excluding carboxylic acids is 1. The minimum absolute atomic E-state index is 0.0155. The van der Waals surface area contributed by atoms with Crippen molar-refractivity contribution < 1.29 is 19.4 Å². The van der Waals surface area contributed by atoms with Crippen molar-refractivity contribution in [3.63, 3.8) is 0 Å². The minimum Gasteiger partial charge on any atom is -0.481 e. The number of hydrogen-bond acceptors (Lipinski definition) is 3. The van der Waals surface area contributed by atoms with Crippen molar-refractivity contribution in [3.05, 3.63) is 0 Å². The highest BCUT2D eigenvalue weighted by atomic mass is 16.5. The summed E-state index contributed by atoms with van der Waals surface area (Å²) >= 11 is 0. The zero-order valence-electron chi connectivity index (χ0n) is 11.0. The third-order valence-electron chi connectivity index (χ3n) is 3.27. The molecular weight excluding hydrogens is 236 g/mol. The van der Waals surface area contributed by atoms with Gasteiger partial charge in [0.1, 0.15) is 0 Å². The molecule has 0 aromatic rings. The molecule has 0 spiro atoms. The number of amides is 2. The van der Waals surface area contributed by atoms with Crippen LogP contribution in [0.25, 0.3) is 0 Å². The molecule has 2 amide bonds. The van der Waals surface area contributed by atoms with Crippen LogP contribution in [-0.2, 0) is 9.53 Å². The van der Waals surface area contributed by atoms with Gasteiger partial charge in [0.2, 0.25) is 0 Å². The van der Waals surface area contributed by atoms with Gasteiger partial charge in [-0.05, 0) is 18.8 Å². The zero-order chi connectivity index (χ0) is 13.5. The molecule has 6 heteroatoms. The molecule has 0 saturated carbocycles. The Bertz CT molecular complexity index is 296. The number of hydrogen-bond donors (Lipinski definition) is 2. The smallest absolute Gasteiger partial charge is 0.317 e. The molecule has 1 fully saturated rings. The highest BCUT2D eigenvalue weighted by Crippen LogP contribution is 2.22. The van der Waals surface area contributed by atoms with Crippen molar-refractivity contribution >= 4 is 12.0 Å². The molecule has 1 aliphatic heterocycles. The fourth-order valence-corrected chi connectivity index (χ4v) is 2.13. The minimum atomic E-state index is -0.821. The number of carbonyl (C=O) groups is 2. The molecule has 1 heterocycles. The zero-order valence-corrected chi connectivity index (χ0v) is 11.0. The quantitative estimate of drug-likeness (QED) is 0.690. The SMILES string of the molecule is COCCCCNC(=O)N1CC(C)C(C(=O)O)C1. The number of unbranched alkanes of at least 4 members (excludes halogenated alkanes) is 1. The summed E-state index contributed by atoms with van der Waals surface area (Å²) < 4.78 is 4.91. The van der Waals surface area contributed by atoms with Crippen molar-refractivity contribution in [2.75, 3.05) is 33.4 Å². The van der Waals surface area contributed by atoms with E-state index in [1.165, 1.54) is 0 Å². The summed E-state index contributed by atoms with van der Waals surface area (Å²) in [6, 6.07) is -0.164. The lowest BCUT2D eigenvalue weighted by Gasteiger charge is -2.16. The Balaban J connectivity index is 2.25. The maximum atomic E-state index is 11.8. The molecule has 1 rings (SSSR count). The van der Waals surface area contributed by atoms with Crippen LogP contribution < -0.4 is 5.32 Å². The van der Waals surface area contributed by atoms with Gasteiger partial charge in [-0.1, -0.05) is 6.92 Å². The molecule has 2 unspecified atom stereocenters. The molecule has 0 bridgehead atoms. The van der Waals surface area contributed by atoms with Crippen LogP contribution in [-0.4, -0.2) is 55.4 Å². The van der Waals surface area contributed by atoms with E-state index >= 15 is 0 Å². The number of urea groups is 1. The van der Waals surface area contributed by atoms with Gasteiger partial charge < -0.3 is 20.1 Å². The second kappa shape index (κ2) is 7.20. The Morgan fingerprint density at radius 1 is 1.39 bits per heavy atom. The van der Waals surface area contributed by atoms with Gasteiger partial charge in [0.25, 0.3) is 0 Å². The van der Waals surface area contributed by atoms with Crippen LogP contribution in [0, 0.1) is 11.8 Å². The predicted molar refractivity (Wildman–Crippen MR) is 66.4 cm³/mol. The first-order chi connectivity index (χ1) is 8.56. The number of carboxylic acids is 1. The van der Waals surface area contributed by atoms with Crippen LogP contribution in [0.3, 0.4) is 0 Å². The summed E-state index contributed by atoms with van der Waals surface area (Å²) in [7, 11) is 1.65. The monoisotopic (exact) mass is 258 g/mol. The van der Waals surface area contributed by atoms with E-state index in [9.17, 15) is 9.59 Å². The molecule has 1 aliphatic rings. The maximum absolute atomic E-state index is 11.8. The summed E-state index contributed by atoms with van der Waals surface area (Å²) in [4.78, 5) is 24.3. The first-order valence-corrected chi connectivity index (χ1v) is 6.30. The number of methoxy groups -OCH3 is 1. The van der Waals surface area contributed by atoms with Gasteiger partial charge in [0.15, 0.2) is 0 Å². The second-order valence-corrected chi connectivity index (χ2v) is 4.76. The van der Waals surface area contributed by atoms with Gasteiger partial charge in [0, 0.05) is 33.4 Å². The molecule has 2 N–H and O–H groups in total. The number of likely N-dealkylation sites (tertiary alicyclic amines) is 1. The van der Waals surface area contributed by atoms with Crippen molar-refractivity contribution in [2.24, 2.45) is 11.8 Å². The number of carboxylic acid groups (broad SMARTS) is 1. The fourth-order valence-electron chi connectivity index (χ4n) is 2.13. The molecule has 0 aromatic heterocycles. The van der Waals surface area contributed by atoms with Crippen LogP contribution in [0.15, 0.2) is 0 Å². The molecule has 0 aliphatic carbocycles. The Labute approximate surface area is 107 Å². The van der Waals surface area contributed by atoms with E-state index < -0.39 is 11.9 Å². The first-order valence-electron chi connectivity index (χ1n) is 6.30. The largest absolute Gasteiger partial charge is 0.481 e.